The van der Waals surface area contributed by atoms with Gasteiger partial charge >= 0.3 is 0 Å². The minimum absolute atomic E-state index is 0.300. The molecule has 0 aliphatic rings. The number of carbonyl (C=O) groups excluding carboxylic acids is 1. The second-order valence-electron chi connectivity index (χ2n) is 3.74. The molecule has 0 saturated carbocycles. The van der Waals surface area contributed by atoms with E-state index in [1.54, 1.807) is 0 Å². The number of nitrogens with two attached hydrogens (primary N) is 1. The molecule has 1 amide bonds. The van der Waals surface area contributed by atoms with E-state index in [9.17, 15) is 9.18 Å². The fraction of sp³-hybridized carbons (Fsp3) is 0.417. The molecule has 4 nitrogen and oxygen atoms in total. The first-order chi connectivity index (χ1) is 8.12. The Morgan fingerprint density at radius 3 is 2.59 bits per heavy atom. The Kier molecular flexibility index (Phi) is 5.06. The number of halogens is 1. The summed E-state index contributed by atoms with van der Waals surface area (Å²) in [6.07, 6.45) is 0. The van der Waals surface area contributed by atoms with Gasteiger partial charge in [-0.3, -0.25) is 15.1 Å². The van der Waals surface area contributed by atoms with Crippen molar-refractivity contribution in [1.29, 1.82) is 0 Å². The molecule has 0 aromatic heterocycles. The van der Waals surface area contributed by atoms with Crippen molar-refractivity contribution in [2.24, 2.45) is 5.84 Å². The van der Waals surface area contributed by atoms with E-state index in [2.05, 4.69) is 4.90 Å². The summed E-state index contributed by atoms with van der Waals surface area (Å²) < 4.78 is 13.6. The fourth-order valence-corrected chi connectivity index (χ4v) is 1.61. The summed E-state index contributed by atoms with van der Waals surface area (Å²) in [7, 11) is 0. The summed E-state index contributed by atoms with van der Waals surface area (Å²) in [6.45, 7) is 6.19. The van der Waals surface area contributed by atoms with Crippen molar-refractivity contribution in [3.63, 3.8) is 0 Å². The monoisotopic (exact) mass is 239 g/mol. The molecule has 0 aliphatic carbocycles. The molecule has 5 heteroatoms. The van der Waals surface area contributed by atoms with Crippen LogP contribution in [-0.2, 0) is 6.54 Å². The van der Waals surface area contributed by atoms with Gasteiger partial charge in [0, 0.05) is 17.7 Å². The molecule has 0 radical (unpaired) electrons. The van der Waals surface area contributed by atoms with E-state index in [0.29, 0.717) is 17.7 Å². The molecular weight excluding hydrogens is 221 g/mol. The lowest BCUT2D eigenvalue weighted by molar-refractivity contribution is 0.0953. The Hall–Kier alpha value is -1.46. The van der Waals surface area contributed by atoms with Gasteiger partial charge in [0.25, 0.3) is 5.91 Å². The van der Waals surface area contributed by atoms with E-state index in [0.717, 1.165) is 13.1 Å². The maximum Gasteiger partial charge on any atom is 0.265 e. The van der Waals surface area contributed by atoms with Crippen LogP contribution in [0.15, 0.2) is 18.2 Å². The highest BCUT2D eigenvalue weighted by molar-refractivity contribution is 5.93. The standard InChI is InChI=1S/C12H18FN3O/c1-3-16(4-2)8-10-7-9(12(17)15-14)5-6-11(10)13/h5-7H,3-4,8,14H2,1-2H3,(H,15,17). The van der Waals surface area contributed by atoms with Gasteiger partial charge in [0.05, 0.1) is 0 Å². The van der Waals surface area contributed by atoms with Crippen LogP contribution in [0.1, 0.15) is 29.8 Å². The zero-order valence-electron chi connectivity index (χ0n) is 10.2. The highest BCUT2D eigenvalue weighted by atomic mass is 19.1. The van der Waals surface area contributed by atoms with Crippen LogP contribution in [0, 0.1) is 5.82 Å². The smallest absolute Gasteiger partial charge is 0.265 e. The molecule has 0 fully saturated rings. The van der Waals surface area contributed by atoms with Gasteiger partial charge in [-0.25, -0.2) is 10.2 Å². The number of amides is 1. The summed E-state index contributed by atoms with van der Waals surface area (Å²) in [5.74, 6) is 4.33. The third-order valence-electron chi connectivity index (χ3n) is 2.73. The molecular formula is C12H18FN3O. The summed E-state index contributed by atoms with van der Waals surface area (Å²) in [4.78, 5) is 13.4. The first kappa shape index (κ1) is 13.6. The molecule has 17 heavy (non-hydrogen) atoms. The second-order valence-corrected chi connectivity index (χ2v) is 3.74. The van der Waals surface area contributed by atoms with Crippen molar-refractivity contribution < 1.29 is 9.18 Å². The van der Waals surface area contributed by atoms with Crippen LogP contribution in [0.5, 0.6) is 0 Å². The second kappa shape index (κ2) is 6.32. The van der Waals surface area contributed by atoms with Crippen LogP contribution in [-0.4, -0.2) is 23.9 Å². The van der Waals surface area contributed by atoms with E-state index in [4.69, 9.17) is 5.84 Å². The molecule has 0 atom stereocenters. The average molecular weight is 239 g/mol. The van der Waals surface area contributed by atoms with E-state index in [1.165, 1.54) is 18.2 Å². The number of benzene rings is 1. The minimum atomic E-state index is -0.411. The average Bonchev–Trinajstić information content (AvgIpc) is 2.36. The molecule has 94 valence electrons. The van der Waals surface area contributed by atoms with Gasteiger partial charge in [0.1, 0.15) is 5.82 Å². The first-order valence-electron chi connectivity index (χ1n) is 5.64. The Balaban J connectivity index is 2.94. The fourth-order valence-electron chi connectivity index (χ4n) is 1.61. The number of nitrogen functional groups attached to an aromatic ring is 1. The first-order valence-corrected chi connectivity index (χ1v) is 5.64. The Morgan fingerprint density at radius 1 is 1.41 bits per heavy atom. The number of hydrogen-bond donors (Lipinski definition) is 2. The van der Waals surface area contributed by atoms with E-state index >= 15 is 0 Å². The van der Waals surface area contributed by atoms with Gasteiger partial charge < -0.3 is 0 Å². The van der Waals surface area contributed by atoms with Gasteiger partial charge in [-0.15, -0.1) is 0 Å². The number of rotatable bonds is 5. The Labute approximate surface area is 101 Å². The van der Waals surface area contributed by atoms with Gasteiger partial charge in [-0.05, 0) is 31.3 Å². The van der Waals surface area contributed by atoms with Crippen LogP contribution >= 0.6 is 0 Å². The van der Waals surface area contributed by atoms with Crippen molar-refractivity contribution >= 4 is 5.91 Å². The lowest BCUT2D eigenvalue weighted by Crippen LogP contribution is -2.30. The van der Waals surface area contributed by atoms with E-state index in [1.807, 2.05) is 19.3 Å². The third kappa shape index (κ3) is 3.51. The largest absolute Gasteiger partial charge is 0.300 e. The summed E-state index contributed by atoms with van der Waals surface area (Å²) in [5, 5.41) is 0. The van der Waals surface area contributed by atoms with Crippen LogP contribution in [0.3, 0.4) is 0 Å². The zero-order valence-corrected chi connectivity index (χ0v) is 10.2. The maximum atomic E-state index is 13.6. The zero-order chi connectivity index (χ0) is 12.8. The highest BCUT2D eigenvalue weighted by Gasteiger charge is 2.10. The predicted molar refractivity (Wildman–Crippen MR) is 64.7 cm³/mol. The van der Waals surface area contributed by atoms with E-state index in [-0.39, 0.29) is 5.82 Å². The number of carbonyl (C=O) groups is 1. The third-order valence-corrected chi connectivity index (χ3v) is 2.73. The molecule has 0 heterocycles. The van der Waals surface area contributed by atoms with Crippen molar-refractivity contribution in [2.45, 2.75) is 20.4 Å². The molecule has 1 aromatic carbocycles. The van der Waals surface area contributed by atoms with E-state index < -0.39 is 5.91 Å². The maximum absolute atomic E-state index is 13.6. The molecule has 0 bridgehead atoms. The Bertz CT molecular complexity index is 391. The van der Waals surface area contributed by atoms with Crippen LogP contribution < -0.4 is 11.3 Å². The molecule has 0 spiro atoms. The topological polar surface area (TPSA) is 58.4 Å². The van der Waals surface area contributed by atoms with Crippen molar-refractivity contribution in [3.8, 4) is 0 Å². The van der Waals surface area contributed by atoms with Crippen LogP contribution in [0.25, 0.3) is 0 Å². The van der Waals surface area contributed by atoms with Gasteiger partial charge in [-0.2, -0.15) is 0 Å². The summed E-state index contributed by atoms with van der Waals surface area (Å²) in [5.41, 5.74) is 2.91. The predicted octanol–water partition coefficient (Wildman–Crippen LogP) is 1.27. The highest BCUT2D eigenvalue weighted by Crippen LogP contribution is 2.13. The molecule has 1 aromatic rings. The SMILES string of the molecule is CCN(CC)Cc1cc(C(=O)NN)ccc1F. The van der Waals surface area contributed by atoms with Gasteiger partial charge in [0.2, 0.25) is 0 Å². The van der Waals surface area contributed by atoms with Crippen molar-refractivity contribution in [1.82, 2.24) is 10.3 Å². The number of hydrogen-bond acceptors (Lipinski definition) is 3. The quantitative estimate of drug-likeness (QED) is 0.462. The molecule has 3 N–H and O–H groups in total. The summed E-state index contributed by atoms with van der Waals surface area (Å²) in [6, 6.07) is 4.25. The Morgan fingerprint density at radius 2 is 2.06 bits per heavy atom. The van der Waals surface area contributed by atoms with Gasteiger partial charge in [-0.1, -0.05) is 13.8 Å². The van der Waals surface area contributed by atoms with Crippen LogP contribution in [0.4, 0.5) is 4.39 Å². The lowest BCUT2D eigenvalue weighted by atomic mass is 10.1. The lowest BCUT2D eigenvalue weighted by Gasteiger charge is -2.18. The van der Waals surface area contributed by atoms with Crippen LogP contribution in [0.2, 0.25) is 0 Å². The number of hydrazine groups is 1. The molecule has 0 aliphatic heterocycles. The minimum Gasteiger partial charge on any atom is -0.300 e. The number of nitrogens with zero attached hydrogens (tertiary/aromatic N) is 1. The van der Waals surface area contributed by atoms with Crippen molar-refractivity contribution in [2.75, 3.05) is 13.1 Å². The van der Waals surface area contributed by atoms with Gasteiger partial charge in [0.15, 0.2) is 0 Å². The molecule has 1 rings (SSSR count). The molecule has 0 unspecified atom stereocenters. The van der Waals surface area contributed by atoms with Crippen molar-refractivity contribution in [3.05, 3.63) is 35.1 Å². The summed E-state index contributed by atoms with van der Waals surface area (Å²) >= 11 is 0. The number of nitrogens with one attached hydrogen (secondary N) is 1. The normalized spacial score (nSPS) is 10.6. The molecule has 0 saturated heterocycles.